The fraction of sp³-hybridized carbons (Fsp3) is 0.0800. The summed E-state index contributed by atoms with van der Waals surface area (Å²) in [6.07, 6.45) is 0.818. The summed E-state index contributed by atoms with van der Waals surface area (Å²) in [6, 6.07) is 24.5. The molecule has 1 aliphatic rings. The van der Waals surface area contributed by atoms with Gasteiger partial charge in [0.1, 0.15) is 0 Å². The summed E-state index contributed by atoms with van der Waals surface area (Å²) in [5.74, 6) is 0.587. The van der Waals surface area contributed by atoms with Gasteiger partial charge < -0.3 is 0 Å². The zero-order chi connectivity index (χ0) is 21.5. The topological polar surface area (TPSA) is 41.4 Å². The van der Waals surface area contributed by atoms with Crippen LogP contribution in [0.5, 0.6) is 0 Å². The first kappa shape index (κ1) is 19.6. The molecular formula is C25H17ClN4S2. The van der Waals surface area contributed by atoms with Gasteiger partial charge in [-0.25, -0.2) is 15.0 Å². The fourth-order valence-corrected chi connectivity index (χ4v) is 5.70. The SMILES string of the molecule is Clc1ccc2c(-c3ccccc3)nc(N3N=C(c4cccs4)CC3c3cccs3)nc2c1. The number of hydrogen-bond acceptors (Lipinski definition) is 6. The minimum atomic E-state index is 0.0624. The van der Waals surface area contributed by atoms with Crippen LogP contribution in [-0.4, -0.2) is 15.7 Å². The van der Waals surface area contributed by atoms with Gasteiger partial charge in [0.05, 0.1) is 27.8 Å². The lowest BCUT2D eigenvalue weighted by Gasteiger charge is -2.21. The third kappa shape index (κ3) is 3.50. The molecule has 0 N–H and O–H groups in total. The number of aromatic nitrogens is 2. The number of anilines is 1. The summed E-state index contributed by atoms with van der Waals surface area (Å²) in [4.78, 5) is 12.4. The zero-order valence-electron chi connectivity index (χ0n) is 16.9. The van der Waals surface area contributed by atoms with E-state index in [2.05, 4.69) is 47.2 Å². The van der Waals surface area contributed by atoms with Gasteiger partial charge in [-0.15, -0.1) is 22.7 Å². The van der Waals surface area contributed by atoms with E-state index in [1.165, 1.54) is 9.75 Å². The molecule has 0 aliphatic carbocycles. The van der Waals surface area contributed by atoms with E-state index in [0.717, 1.165) is 34.3 Å². The highest BCUT2D eigenvalue weighted by Gasteiger charge is 2.33. The van der Waals surface area contributed by atoms with E-state index in [4.69, 9.17) is 26.7 Å². The Morgan fingerprint density at radius 1 is 0.875 bits per heavy atom. The molecule has 3 aromatic heterocycles. The van der Waals surface area contributed by atoms with Crippen molar-refractivity contribution in [2.24, 2.45) is 5.10 Å². The molecule has 0 bridgehead atoms. The quantitative estimate of drug-likeness (QED) is 0.273. The van der Waals surface area contributed by atoms with Gasteiger partial charge in [-0.3, -0.25) is 0 Å². The lowest BCUT2D eigenvalue weighted by Crippen LogP contribution is -2.20. The number of hydrogen-bond donors (Lipinski definition) is 0. The molecule has 0 radical (unpaired) electrons. The molecule has 5 aromatic rings. The number of fused-ring (bicyclic) bond motifs is 1. The summed E-state index contributed by atoms with van der Waals surface area (Å²) < 4.78 is 0. The first-order chi connectivity index (χ1) is 15.8. The van der Waals surface area contributed by atoms with Gasteiger partial charge in [0, 0.05) is 27.3 Å². The highest BCUT2D eigenvalue weighted by molar-refractivity contribution is 7.12. The predicted octanol–water partition coefficient (Wildman–Crippen LogP) is 7.43. The molecule has 0 spiro atoms. The van der Waals surface area contributed by atoms with Crippen LogP contribution < -0.4 is 5.01 Å². The smallest absolute Gasteiger partial charge is 0.223 e. The molecule has 0 saturated carbocycles. The highest BCUT2D eigenvalue weighted by Crippen LogP contribution is 2.39. The van der Waals surface area contributed by atoms with Crippen LogP contribution in [0.2, 0.25) is 5.02 Å². The molecule has 32 heavy (non-hydrogen) atoms. The minimum absolute atomic E-state index is 0.0624. The van der Waals surface area contributed by atoms with E-state index in [9.17, 15) is 0 Å². The van der Waals surface area contributed by atoms with Crippen LogP contribution in [0.3, 0.4) is 0 Å². The number of halogens is 1. The van der Waals surface area contributed by atoms with Crippen LogP contribution >= 0.6 is 34.3 Å². The Balaban J connectivity index is 1.55. The molecule has 0 amide bonds. The number of benzene rings is 2. The highest BCUT2D eigenvalue weighted by atomic mass is 35.5. The first-order valence-electron chi connectivity index (χ1n) is 10.2. The molecule has 1 atom stereocenters. The molecule has 1 aliphatic heterocycles. The van der Waals surface area contributed by atoms with E-state index in [-0.39, 0.29) is 6.04 Å². The normalized spacial score (nSPS) is 16.0. The second-order valence-electron chi connectivity index (χ2n) is 7.50. The number of nitrogens with zero attached hydrogens (tertiary/aromatic N) is 4. The van der Waals surface area contributed by atoms with Gasteiger partial charge in [0.25, 0.3) is 0 Å². The molecule has 6 rings (SSSR count). The number of rotatable bonds is 4. The maximum atomic E-state index is 6.33. The number of thiophene rings is 2. The maximum Gasteiger partial charge on any atom is 0.247 e. The number of hydrazone groups is 1. The van der Waals surface area contributed by atoms with Crippen LogP contribution in [0.15, 0.2) is 88.7 Å². The summed E-state index contributed by atoms with van der Waals surface area (Å²) in [6.45, 7) is 0. The van der Waals surface area contributed by atoms with Crippen molar-refractivity contribution in [2.75, 3.05) is 5.01 Å². The first-order valence-corrected chi connectivity index (χ1v) is 12.4. The van der Waals surface area contributed by atoms with Gasteiger partial charge in [0.2, 0.25) is 5.95 Å². The maximum absolute atomic E-state index is 6.33. The average molecular weight is 473 g/mol. The second-order valence-corrected chi connectivity index (χ2v) is 9.87. The molecule has 7 heteroatoms. The average Bonchev–Trinajstić information content (AvgIpc) is 3.60. The van der Waals surface area contributed by atoms with Gasteiger partial charge >= 0.3 is 0 Å². The molecule has 2 aromatic carbocycles. The van der Waals surface area contributed by atoms with Crippen molar-refractivity contribution in [2.45, 2.75) is 12.5 Å². The summed E-state index contributed by atoms with van der Waals surface area (Å²) in [5.41, 5.74) is 3.80. The lowest BCUT2D eigenvalue weighted by atomic mass is 10.1. The predicted molar refractivity (Wildman–Crippen MR) is 135 cm³/mol. The Morgan fingerprint density at radius 2 is 1.72 bits per heavy atom. The summed E-state index contributed by atoms with van der Waals surface area (Å²) >= 11 is 9.78. The molecule has 4 nitrogen and oxygen atoms in total. The van der Waals surface area contributed by atoms with Gasteiger partial charge in [0.15, 0.2) is 0 Å². The molecule has 4 heterocycles. The van der Waals surface area contributed by atoms with Crippen LogP contribution in [0, 0.1) is 0 Å². The minimum Gasteiger partial charge on any atom is -0.223 e. The van der Waals surface area contributed by atoms with Crippen molar-refractivity contribution in [3.63, 3.8) is 0 Å². The zero-order valence-corrected chi connectivity index (χ0v) is 19.2. The van der Waals surface area contributed by atoms with Crippen LogP contribution in [0.25, 0.3) is 22.2 Å². The Bertz CT molecular complexity index is 1410. The Kier molecular flexibility index (Phi) is 4.98. The molecule has 0 fully saturated rings. The largest absolute Gasteiger partial charge is 0.247 e. The van der Waals surface area contributed by atoms with Crippen LogP contribution in [0.4, 0.5) is 5.95 Å². The van der Waals surface area contributed by atoms with Crippen molar-refractivity contribution >= 4 is 56.8 Å². The van der Waals surface area contributed by atoms with E-state index >= 15 is 0 Å². The van der Waals surface area contributed by atoms with Gasteiger partial charge in [-0.1, -0.05) is 54.1 Å². The van der Waals surface area contributed by atoms with Gasteiger partial charge in [-0.2, -0.15) is 5.10 Å². The van der Waals surface area contributed by atoms with Crippen molar-refractivity contribution in [1.29, 1.82) is 0 Å². The van der Waals surface area contributed by atoms with Crippen LogP contribution in [0.1, 0.15) is 22.2 Å². The Hall–Kier alpha value is -3.06. The van der Waals surface area contributed by atoms with Crippen LogP contribution in [-0.2, 0) is 0 Å². The lowest BCUT2D eigenvalue weighted by molar-refractivity contribution is 0.700. The molecule has 0 saturated heterocycles. The monoisotopic (exact) mass is 472 g/mol. The third-order valence-corrected chi connectivity index (χ3v) is 7.61. The van der Waals surface area contributed by atoms with Crippen molar-refractivity contribution < 1.29 is 0 Å². The standard InChI is InChI=1S/C25H17ClN4S2/c26-17-10-11-18-19(14-17)27-25(28-24(18)16-6-2-1-3-7-16)30-21(23-9-5-13-32-23)15-20(29-30)22-8-4-12-31-22/h1-14,21H,15H2. The molecular weight excluding hydrogens is 456 g/mol. The Labute approximate surface area is 198 Å². The third-order valence-electron chi connectivity index (χ3n) is 5.49. The molecule has 156 valence electrons. The Morgan fingerprint density at radius 3 is 2.50 bits per heavy atom. The summed E-state index contributed by atoms with van der Waals surface area (Å²) in [7, 11) is 0. The molecule has 1 unspecified atom stereocenters. The summed E-state index contributed by atoms with van der Waals surface area (Å²) in [5, 5.41) is 12.8. The van der Waals surface area contributed by atoms with E-state index < -0.39 is 0 Å². The van der Waals surface area contributed by atoms with Crippen molar-refractivity contribution in [1.82, 2.24) is 9.97 Å². The van der Waals surface area contributed by atoms with E-state index in [1.807, 2.05) is 41.4 Å². The fourth-order valence-electron chi connectivity index (χ4n) is 4.00. The van der Waals surface area contributed by atoms with E-state index in [1.54, 1.807) is 22.7 Å². The second kappa shape index (κ2) is 8.13. The van der Waals surface area contributed by atoms with Gasteiger partial charge in [-0.05, 0) is 41.1 Å². The van der Waals surface area contributed by atoms with E-state index in [0.29, 0.717) is 11.0 Å². The van der Waals surface area contributed by atoms with Crippen molar-refractivity contribution in [3.05, 3.63) is 98.3 Å². The van der Waals surface area contributed by atoms with Crippen molar-refractivity contribution in [3.8, 4) is 11.3 Å².